The fourth-order valence-electron chi connectivity index (χ4n) is 4.24. The van der Waals surface area contributed by atoms with Crippen LogP contribution in [0.2, 0.25) is 0 Å². The molecule has 0 radical (unpaired) electrons. The van der Waals surface area contributed by atoms with E-state index in [1.807, 2.05) is 53.7 Å². The van der Waals surface area contributed by atoms with Gasteiger partial charge in [0.25, 0.3) is 0 Å². The SMILES string of the molecule is Cc1cc(C)c(S(=O)(=O)N2CCN(C(=O)[C@@H](C)Cn3nc(C)nc3C)CC2)c(C)c1. The van der Waals surface area contributed by atoms with E-state index in [-0.39, 0.29) is 11.8 Å². The summed E-state index contributed by atoms with van der Waals surface area (Å²) in [5, 5.41) is 4.33. The van der Waals surface area contributed by atoms with Crippen molar-refractivity contribution in [2.24, 2.45) is 5.92 Å². The molecule has 1 aliphatic rings. The number of aryl methyl sites for hydroxylation is 5. The van der Waals surface area contributed by atoms with E-state index in [4.69, 9.17) is 0 Å². The fourth-order valence-corrected chi connectivity index (χ4v) is 6.07. The van der Waals surface area contributed by atoms with Crippen LogP contribution in [0.15, 0.2) is 17.0 Å². The van der Waals surface area contributed by atoms with Crippen LogP contribution in [0.5, 0.6) is 0 Å². The number of piperazine rings is 1. The van der Waals surface area contributed by atoms with Crippen LogP contribution in [0.25, 0.3) is 0 Å². The average molecular weight is 434 g/mol. The number of rotatable bonds is 5. The largest absolute Gasteiger partial charge is 0.340 e. The van der Waals surface area contributed by atoms with E-state index < -0.39 is 10.0 Å². The van der Waals surface area contributed by atoms with Gasteiger partial charge in [-0.05, 0) is 45.7 Å². The van der Waals surface area contributed by atoms with Crippen LogP contribution in [0.1, 0.15) is 35.3 Å². The van der Waals surface area contributed by atoms with Crippen molar-refractivity contribution in [3.05, 3.63) is 40.5 Å². The molecular formula is C21H31N5O3S. The van der Waals surface area contributed by atoms with Gasteiger partial charge < -0.3 is 4.90 Å². The van der Waals surface area contributed by atoms with E-state index in [9.17, 15) is 13.2 Å². The first kappa shape index (κ1) is 22.4. The quantitative estimate of drug-likeness (QED) is 0.720. The first-order chi connectivity index (χ1) is 14.0. The molecule has 30 heavy (non-hydrogen) atoms. The molecule has 1 saturated heterocycles. The normalized spacial score (nSPS) is 16.7. The summed E-state index contributed by atoms with van der Waals surface area (Å²) in [6.07, 6.45) is 0. The number of carbonyl (C=O) groups excluding carboxylic acids is 1. The van der Waals surface area contributed by atoms with Crippen molar-refractivity contribution in [3.8, 4) is 0 Å². The lowest BCUT2D eigenvalue weighted by molar-refractivity contribution is -0.136. The number of carbonyl (C=O) groups is 1. The Kier molecular flexibility index (Phi) is 6.33. The molecule has 9 heteroatoms. The van der Waals surface area contributed by atoms with Crippen LogP contribution in [-0.4, -0.2) is 64.5 Å². The van der Waals surface area contributed by atoms with Gasteiger partial charge >= 0.3 is 0 Å². The molecule has 1 atom stereocenters. The highest BCUT2D eigenvalue weighted by Gasteiger charge is 2.33. The number of nitrogens with zero attached hydrogens (tertiary/aromatic N) is 5. The molecule has 164 valence electrons. The lowest BCUT2D eigenvalue weighted by Gasteiger charge is -2.35. The maximum atomic E-state index is 13.2. The van der Waals surface area contributed by atoms with Crippen molar-refractivity contribution in [3.63, 3.8) is 0 Å². The van der Waals surface area contributed by atoms with Gasteiger partial charge in [-0.3, -0.25) is 4.79 Å². The van der Waals surface area contributed by atoms with Gasteiger partial charge in [0.05, 0.1) is 17.4 Å². The van der Waals surface area contributed by atoms with E-state index >= 15 is 0 Å². The monoisotopic (exact) mass is 433 g/mol. The predicted molar refractivity (Wildman–Crippen MR) is 115 cm³/mol. The topological polar surface area (TPSA) is 88.4 Å². The van der Waals surface area contributed by atoms with Crippen molar-refractivity contribution in [1.29, 1.82) is 0 Å². The summed E-state index contributed by atoms with van der Waals surface area (Å²) in [4.78, 5) is 19.3. The van der Waals surface area contributed by atoms with E-state index in [0.717, 1.165) is 22.5 Å². The Labute approximate surface area is 178 Å². The smallest absolute Gasteiger partial charge is 0.243 e. The molecule has 0 saturated carbocycles. The summed E-state index contributed by atoms with van der Waals surface area (Å²) in [7, 11) is -3.59. The van der Waals surface area contributed by atoms with Gasteiger partial charge in [-0.1, -0.05) is 24.6 Å². The molecule has 1 amide bonds. The predicted octanol–water partition coefficient (Wildman–Crippen LogP) is 1.99. The molecule has 2 heterocycles. The molecule has 0 bridgehead atoms. The van der Waals surface area contributed by atoms with Crippen LogP contribution in [0, 0.1) is 40.5 Å². The third-order valence-corrected chi connectivity index (χ3v) is 7.79. The molecule has 0 aliphatic carbocycles. The van der Waals surface area contributed by atoms with Gasteiger partial charge in [-0.15, -0.1) is 0 Å². The van der Waals surface area contributed by atoms with Gasteiger partial charge in [0.15, 0.2) is 0 Å². The first-order valence-corrected chi connectivity index (χ1v) is 11.7. The summed E-state index contributed by atoms with van der Waals surface area (Å²) in [6, 6.07) is 3.80. The summed E-state index contributed by atoms with van der Waals surface area (Å²) < 4.78 is 29.7. The average Bonchev–Trinajstić information content (AvgIpc) is 2.97. The van der Waals surface area contributed by atoms with Crippen molar-refractivity contribution in [2.75, 3.05) is 26.2 Å². The molecule has 1 aromatic heterocycles. The molecule has 1 aliphatic heterocycles. The number of aromatic nitrogens is 3. The Hall–Kier alpha value is -2.26. The Bertz CT molecular complexity index is 1030. The highest BCUT2D eigenvalue weighted by Crippen LogP contribution is 2.26. The molecule has 8 nitrogen and oxygen atoms in total. The second-order valence-corrected chi connectivity index (χ2v) is 10.1. The minimum Gasteiger partial charge on any atom is -0.340 e. The van der Waals surface area contributed by atoms with Gasteiger partial charge in [0.1, 0.15) is 11.6 Å². The highest BCUT2D eigenvalue weighted by molar-refractivity contribution is 7.89. The van der Waals surface area contributed by atoms with Crippen LogP contribution in [0.4, 0.5) is 0 Å². The van der Waals surface area contributed by atoms with Crippen LogP contribution >= 0.6 is 0 Å². The zero-order valence-corrected chi connectivity index (χ0v) is 19.5. The molecule has 1 fully saturated rings. The van der Waals surface area contributed by atoms with Crippen molar-refractivity contribution >= 4 is 15.9 Å². The summed E-state index contributed by atoms with van der Waals surface area (Å²) in [5.41, 5.74) is 2.57. The second kappa shape index (κ2) is 8.47. The van der Waals surface area contributed by atoms with Crippen LogP contribution in [0.3, 0.4) is 0 Å². The third-order valence-electron chi connectivity index (χ3n) is 5.58. The third kappa shape index (κ3) is 4.41. The zero-order chi connectivity index (χ0) is 22.2. The maximum absolute atomic E-state index is 13.2. The van der Waals surface area contributed by atoms with Gasteiger partial charge in [0, 0.05) is 26.2 Å². The minimum atomic E-state index is -3.59. The lowest BCUT2D eigenvalue weighted by Crippen LogP contribution is -2.52. The maximum Gasteiger partial charge on any atom is 0.243 e. The number of benzene rings is 1. The van der Waals surface area contributed by atoms with Gasteiger partial charge in [0.2, 0.25) is 15.9 Å². The fraction of sp³-hybridized carbons (Fsp3) is 0.571. The van der Waals surface area contributed by atoms with E-state index in [2.05, 4.69) is 10.1 Å². The summed E-state index contributed by atoms with van der Waals surface area (Å²) >= 11 is 0. The Morgan fingerprint density at radius 2 is 1.60 bits per heavy atom. The van der Waals surface area contributed by atoms with E-state index in [1.165, 1.54) is 4.31 Å². The van der Waals surface area contributed by atoms with Crippen molar-refractivity contribution in [1.82, 2.24) is 24.0 Å². The highest BCUT2D eigenvalue weighted by atomic mass is 32.2. The van der Waals surface area contributed by atoms with E-state index in [0.29, 0.717) is 43.4 Å². The standard InChI is InChI=1S/C21H31N5O3S/c1-14-11-15(2)20(16(3)12-14)30(28,29)25-9-7-24(8-10-25)21(27)17(4)13-26-19(6)22-18(5)23-26/h11-12,17H,7-10,13H2,1-6H3/t17-/m0/s1. The summed E-state index contributed by atoms with van der Waals surface area (Å²) in [6.45, 7) is 13.1. The number of amides is 1. The molecule has 0 unspecified atom stereocenters. The first-order valence-electron chi connectivity index (χ1n) is 10.3. The Balaban J connectivity index is 1.67. The number of hydrogen-bond donors (Lipinski definition) is 0. The number of hydrogen-bond acceptors (Lipinski definition) is 5. The van der Waals surface area contributed by atoms with Gasteiger partial charge in [-0.25, -0.2) is 18.1 Å². The molecular weight excluding hydrogens is 402 g/mol. The zero-order valence-electron chi connectivity index (χ0n) is 18.6. The molecule has 2 aromatic rings. The second-order valence-electron chi connectivity index (χ2n) is 8.25. The van der Waals surface area contributed by atoms with Gasteiger partial charge in [-0.2, -0.15) is 9.40 Å². The van der Waals surface area contributed by atoms with Crippen molar-refractivity contribution < 1.29 is 13.2 Å². The van der Waals surface area contributed by atoms with Crippen LogP contribution < -0.4 is 0 Å². The Morgan fingerprint density at radius 3 is 2.10 bits per heavy atom. The molecule has 3 rings (SSSR count). The molecule has 0 spiro atoms. The minimum absolute atomic E-state index is 0.0160. The van der Waals surface area contributed by atoms with Crippen molar-refractivity contribution in [2.45, 2.75) is 53.0 Å². The Morgan fingerprint density at radius 1 is 1.03 bits per heavy atom. The summed E-state index contributed by atoms with van der Waals surface area (Å²) in [5.74, 6) is 1.23. The van der Waals surface area contributed by atoms with Crippen LogP contribution in [-0.2, 0) is 21.4 Å². The van der Waals surface area contributed by atoms with E-state index in [1.54, 1.807) is 9.58 Å². The molecule has 1 aromatic carbocycles. The lowest BCUT2D eigenvalue weighted by atomic mass is 10.1. The number of sulfonamides is 1. The molecule has 0 N–H and O–H groups in total.